The van der Waals surface area contributed by atoms with Crippen LogP contribution in [0, 0.1) is 6.92 Å². The van der Waals surface area contributed by atoms with Crippen LogP contribution in [0.1, 0.15) is 29.6 Å². The van der Waals surface area contributed by atoms with Crippen LogP contribution in [-0.2, 0) is 16.6 Å². The van der Waals surface area contributed by atoms with E-state index in [4.69, 9.17) is 0 Å². The normalized spacial score (nSPS) is 14.0. The molecule has 1 heterocycles. The Bertz CT molecular complexity index is 565. The maximum absolute atomic E-state index is 11.8. The molecule has 2 rings (SSSR count). The molecule has 0 saturated carbocycles. The van der Waals surface area contributed by atoms with Gasteiger partial charge in [0.1, 0.15) is 0 Å². The number of carboxylic acids is 1. The van der Waals surface area contributed by atoms with Gasteiger partial charge in [0, 0.05) is 17.5 Å². The average molecular weight is 275 g/mol. The van der Waals surface area contributed by atoms with E-state index >= 15 is 0 Å². The lowest BCUT2D eigenvalue weighted by molar-refractivity contribution is -0.144. The number of hydrogen-bond donors (Lipinski definition) is 1. The molecule has 1 aromatic heterocycles. The number of carbonyl (C=O) groups is 1. The van der Waals surface area contributed by atoms with Crippen molar-refractivity contribution in [1.82, 2.24) is 4.98 Å². The van der Waals surface area contributed by atoms with E-state index in [1.54, 1.807) is 0 Å². The van der Waals surface area contributed by atoms with E-state index in [0.717, 1.165) is 16.3 Å². The predicted molar refractivity (Wildman–Crippen MR) is 76.6 cm³/mol. The summed E-state index contributed by atoms with van der Waals surface area (Å²) >= 11 is 1.53. The van der Waals surface area contributed by atoms with Crippen molar-refractivity contribution in [3.8, 4) is 0 Å². The van der Waals surface area contributed by atoms with E-state index in [-0.39, 0.29) is 0 Å². The Morgan fingerprint density at radius 1 is 1.37 bits per heavy atom. The second-order valence-corrected chi connectivity index (χ2v) is 5.61. The molecule has 0 fully saturated rings. The molecule has 0 aliphatic rings. The average Bonchev–Trinajstić information content (AvgIpc) is 2.82. The topological polar surface area (TPSA) is 50.2 Å². The van der Waals surface area contributed by atoms with Gasteiger partial charge in [-0.2, -0.15) is 0 Å². The molecule has 1 unspecified atom stereocenters. The molecule has 1 atom stereocenters. The highest BCUT2D eigenvalue weighted by molar-refractivity contribution is 7.09. The van der Waals surface area contributed by atoms with Gasteiger partial charge >= 0.3 is 5.97 Å². The third-order valence-electron chi connectivity index (χ3n) is 3.46. The van der Waals surface area contributed by atoms with Crippen molar-refractivity contribution >= 4 is 17.3 Å². The lowest BCUT2D eigenvalue weighted by Gasteiger charge is -2.27. The molecule has 1 N–H and O–H groups in total. The summed E-state index contributed by atoms with van der Waals surface area (Å²) in [5.74, 6) is -0.783. The Hall–Kier alpha value is -1.68. The maximum atomic E-state index is 11.8. The van der Waals surface area contributed by atoms with Crippen LogP contribution < -0.4 is 0 Å². The van der Waals surface area contributed by atoms with Crippen LogP contribution in [-0.4, -0.2) is 16.1 Å². The summed E-state index contributed by atoms with van der Waals surface area (Å²) in [5, 5.41) is 12.6. The van der Waals surface area contributed by atoms with Crippen molar-refractivity contribution < 1.29 is 9.90 Å². The summed E-state index contributed by atoms with van der Waals surface area (Å²) in [4.78, 5) is 16.2. The van der Waals surface area contributed by atoms with E-state index in [0.29, 0.717) is 12.8 Å². The van der Waals surface area contributed by atoms with Gasteiger partial charge in [-0.05, 0) is 18.9 Å². The molecule has 0 radical (unpaired) electrons. The minimum atomic E-state index is -0.883. The first-order valence-corrected chi connectivity index (χ1v) is 7.16. The third kappa shape index (κ3) is 2.68. The number of aliphatic carboxylic acids is 1. The molecular weight excluding hydrogens is 258 g/mol. The van der Waals surface area contributed by atoms with E-state index in [2.05, 4.69) is 4.98 Å². The quantitative estimate of drug-likeness (QED) is 0.909. The van der Waals surface area contributed by atoms with Crippen LogP contribution in [0.15, 0.2) is 35.7 Å². The van der Waals surface area contributed by atoms with Gasteiger partial charge in [0.05, 0.1) is 10.4 Å². The molecule has 1 aromatic carbocycles. The Morgan fingerprint density at radius 2 is 2.05 bits per heavy atom. The van der Waals surface area contributed by atoms with E-state index in [9.17, 15) is 9.90 Å². The Morgan fingerprint density at radius 3 is 2.53 bits per heavy atom. The first kappa shape index (κ1) is 13.7. The van der Waals surface area contributed by atoms with E-state index < -0.39 is 11.4 Å². The van der Waals surface area contributed by atoms with Gasteiger partial charge < -0.3 is 5.11 Å². The van der Waals surface area contributed by atoms with Gasteiger partial charge in [-0.3, -0.25) is 4.79 Å². The number of rotatable bonds is 5. The zero-order valence-electron chi connectivity index (χ0n) is 11.1. The van der Waals surface area contributed by atoms with Crippen molar-refractivity contribution in [2.75, 3.05) is 0 Å². The lowest BCUT2D eigenvalue weighted by Crippen LogP contribution is -2.37. The molecule has 0 aliphatic carbocycles. The maximum Gasteiger partial charge on any atom is 0.314 e. The SMILES string of the molecule is CCC(Cc1nc(C)cs1)(C(=O)O)c1ccccc1. The summed E-state index contributed by atoms with van der Waals surface area (Å²) in [5.41, 5.74) is 0.909. The smallest absolute Gasteiger partial charge is 0.314 e. The molecule has 0 aliphatic heterocycles. The van der Waals surface area contributed by atoms with Gasteiger partial charge in [-0.1, -0.05) is 37.3 Å². The van der Waals surface area contributed by atoms with Crippen LogP contribution in [0.4, 0.5) is 0 Å². The Balaban J connectivity index is 2.43. The van der Waals surface area contributed by atoms with Crippen LogP contribution in [0.3, 0.4) is 0 Å². The highest BCUT2D eigenvalue weighted by Crippen LogP contribution is 2.33. The van der Waals surface area contributed by atoms with E-state index in [1.807, 2.05) is 49.6 Å². The molecule has 2 aromatic rings. The van der Waals surface area contributed by atoms with E-state index in [1.165, 1.54) is 11.3 Å². The van der Waals surface area contributed by atoms with Gasteiger partial charge in [-0.25, -0.2) is 4.98 Å². The van der Waals surface area contributed by atoms with Crippen LogP contribution in [0.2, 0.25) is 0 Å². The van der Waals surface area contributed by atoms with Crippen molar-refractivity contribution in [3.05, 3.63) is 52.0 Å². The number of carboxylic acid groups (broad SMARTS) is 1. The van der Waals surface area contributed by atoms with Crippen molar-refractivity contribution in [2.24, 2.45) is 0 Å². The molecule has 4 heteroatoms. The number of thiazole rings is 1. The summed E-state index contributed by atoms with van der Waals surface area (Å²) < 4.78 is 0. The molecule has 0 bridgehead atoms. The van der Waals surface area contributed by atoms with Crippen LogP contribution >= 0.6 is 11.3 Å². The third-order valence-corrected chi connectivity index (χ3v) is 4.43. The molecular formula is C15H17NO2S. The summed E-state index contributed by atoms with van der Waals surface area (Å²) in [7, 11) is 0. The number of nitrogens with zero attached hydrogens (tertiary/aromatic N) is 1. The van der Waals surface area contributed by atoms with Gasteiger partial charge in [0.2, 0.25) is 0 Å². The fraction of sp³-hybridized carbons (Fsp3) is 0.333. The zero-order chi connectivity index (χ0) is 13.9. The van der Waals surface area contributed by atoms with Gasteiger partial charge in [0.15, 0.2) is 0 Å². The fourth-order valence-corrected chi connectivity index (χ4v) is 3.17. The molecule has 19 heavy (non-hydrogen) atoms. The van der Waals surface area contributed by atoms with Crippen molar-refractivity contribution in [2.45, 2.75) is 32.1 Å². The highest BCUT2D eigenvalue weighted by atomic mass is 32.1. The molecule has 0 spiro atoms. The Labute approximate surface area is 116 Å². The van der Waals surface area contributed by atoms with Crippen LogP contribution in [0.25, 0.3) is 0 Å². The van der Waals surface area contributed by atoms with Crippen LogP contribution in [0.5, 0.6) is 0 Å². The fourth-order valence-electron chi connectivity index (χ4n) is 2.28. The number of aryl methyl sites for hydroxylation is 1. The lowest BCUT2D eigenvalue weighted by atomic mass is 9.75. The second-order valence-electron chi connectivity index (χ2n) is 4.67. The number of benzene rings is 1. The monoisotopic (exact) mass is 275 g/mol. The zero-order valence-corrected chi connectivity index (χ0v) is 11.9. The Kier molecular flexibility index (Phi) is 4.00. The minimum Gasteiger partial charge on any atom is -0.481 e. The minimum absolute atomic E-state index is 0.446. The molecule has 100 valence electrons. The summed E-state index contributed by atoms with van der Waals surface area (Å²) in [6.07, 6.45) is 0.992. The highest BCUT2D eigenvalue weighted by Gasteiger charge is 2.39. The first-order valence-electron chi connectivity index (χ1n) is 6.28. The van der Waals surface area contributed by atoms with Gasteiger partial charge in [0.25, 0.3) is 0 Å². The molecule has 0 amide bonds. The van der Waals surface area contributed by atoms with Gasteiger partial charge in [-0.15, -0.1) is 11.3 Å². The predicted octanol–water partition coefficient (Wildman–Crippen LogP) is 3.43. The second kappa shape index (κ2) is 5.53. The largest absolute Gasteiger partial charge is 0.481 e. The standard InChI is InChI=1S/C15H17NO2S/c1-3-15(14(17)18,12-7-5-4-6-8-12)9-13-16-11(2)10-19-13/h4-8,10H,3,9H2,1-2H3,(H,17,18). The number of aromatic nitrogens is 1. The van der Waals surface area contributed by atoms with Crippen molar-refractivity contribution in [3.63, 3.8) is 0 Å². The molecule has 3 nitrogen and oxygen atoms in total. The summed E-state index contributed by atoms with van der Waals surface area (Å²) in [6, 6.07) is 9.45. The summed E-state index contributed by atoms with van der Waals surface area (Å²) in [6.45, 7) is 3.85. The first-order chi connectivity index (χ1) is 9.08. The molecule has 0 saturated heterocycles. The number of hydrogen-bond acceptors (Lipinski definition) is 3. The van der Waals surface area contributed by atoms with Crippen molar-refractivity contribution in [1.29, 1.82) is 0 Å².